The first kappa shape index (κ1) is 53.9. The summed E-state index contributed by atoms with van der Waals surface area (Å²) in [6.07, 6.45) is 1.75. The molecule has 0 aliphatic carbocycles. The first-order valence-electron chi connectivity index (χ1n) is 23.8. The number of hydrogen-bond acceptors (Lipinski definition) is 7. The van der Waals surface area contributed by atoms with Crippen molar-refractivity contribution in [3.8, 4) is 11.3 Å². The van der Waals surface area contributed by atoms with Gasteiger partial charge in [-0.1, -0.05) is 131 Å². The molecule has 0 bridgehead atoms. The van der Waals surface area contributed by atoms with Crippen LogP contribution in [0.15, 0.2) is 48.8 Å². The van der Waals surface area contributed by atoms with Crippen LogP contribution in [-0.4, -0.2) is 65.7 Å². The molecule has 0 unspecified atom stereocenters. The van der Waals surface area contributed by atoms with E-state index in [-0.39, 0.29) is 11.8 Å². The fraction of sp³-hybridized carbons (Fsp3) is 0.660. The Bertz CT molecular complexity index is 1930. The van der Waals surface area contributed by atoms with Crippen LogP contribution in [0, 0.1) is 17.5 Å². The molecule has 1 aromatic carbocycles. The minimum absolute atomic E-state index is 0.226. The number of pyridine rings is 2. The molecule has 1 saturated heterocycles. The lowest BCUT2D eigenvalue weighted by molar-refractivity contribution is -0.172. The van der Waals surface area contributed by atoms with Gasteiger partial charge < -0.3 is 23.3 Å². The van der Waals surface area contributed by atoms with Crippen molar-refractivity contribution in [3.05, 3.63) is 77.5 Å². The van der Waals surface area contributed by atoms with Crippen molar-refractivity contribution in [2.24, 2.45) is 0 Å². The summed E-state index contributed by atoms with van der Waals surface area (Å²) >= 11 is 0. The fourth-order valence-corrected chi connectivity index (χ4v) is 28.6. The highest BCUT2D eigenvalue weighted by molar-refractivity contribution is 6.78. The van der Waals surface area contributed by atoms with E-state index in [4.69, 9.17) is 18.0 Å². The van der Waals surface area contributed by atoms with Crippen LogP contribution in [-0.2, 0) is 18.0 Å². The molecule has 358 valence electrons. The van der Waals surface area contributed by atoms with Gasteiger partial charge in [-0.05, 0) is 80.2 Å². The maximum absolute atomic E-state index is 15.1. The van der Waals surface area contributed by atoms with E-state index in [9.17, 15) is 13.6 Å². The summed E-state index contributed by atoms with van der Waals surface area (Å²) in [5, 5.41) is 2.94. The van der Waals surface area contributed by atoms with Crippen molar-refractivity contribution in [3.63, 3.8) is 0 Å². The lowest BCUT2D eigenvalue weighted by Crippen LogP contribution is -2.62. The number of benzene rings is 1. The van der Waals surface area contributed by atoms with Gasteiger partial charge >= 0.3 is 0 Å². The van der Waals surface area contributed by atoms with Gasteiger partial charge in [-0.25, -0.2) is 18.2 Å². The zero-order valence-electron chi connectivity index (χ0n) is 42.1. The number of ether oxygens (including phenoxy) is 1. The first-order valence-corrected chi connectivity index (χ1v) is 30.2. The van der Waals surface area contributed by atoms with Crippen LogP contribution in [0.5, 0.6) is 0 Å². The van der Waals surface area contributed by atoms with Gasteiger partial charge in [0.05, 0.1) is 42.4 Å². The van der Waals surface area contributed by atoms with Crippen LogP contribution >= 0.6 is 0 Å². The summed E-state index contributed by atoms with van der Waals surface area (Å²) in [6, 6.07) is 7.25. The maximum Gasteiger partial charge on any atom is 0.274 e. The largest absolute Gasteiger partial charge is 0.413 e. The number of rotatable bonds is 20. The number of carbonyl (C=O) groups is 1. The second-order valence-corrected chi connectivity index (χ2v) is 37.2. The minimum atomic E-state index is -2.54. The van der Waals surface area contributed by atoms with Crippen molar-refractivity contribution < 1.29 is 36.0 Å². The number of nitrogens with one attached hydrogen (secondary N) is 1. The van der Waals surface area contributed by atoms with E-state index in [2.05, 4.69) is 140 Å². The molecule has 64 heavy (non-hydrogen) atoms. The summed E-state index contributed by atoms with van der Waals surface area (Å²) in [7, 11) is -7.49. The summed E-state index contributed by atoms with van der Waals surface area (Å²) in [6.45, 7) is 41.7. The third-order valence-electron chi connectivity index (χ3n) is 14.6. The molecule has 2 aromatic heterocycles. The van der Waals surface area contributed by atoms with E-state index in [0.29, 0.717) is 74.1 Å². The predicted molar refractivity (Wildman–Crippen MR) is 263 cm³/mol. The molecule has 0 spiro atoms. The highest BCUT2D eigenvalue weighted by atomic mass is 28.4. The van der Waals surface area contributed by atoms with Crippen LogP contribution in [0.2, 0.25) is 49.9 Å². The average Bonchev–Trinajstić information content (AvgIpc) is 3.19. The van der Waals surface area contributed by atoms with E-state index in [0.717, 1.165) is 18.2 Å². The SMILES string of the molecule is CC(C)[Si](OC[C@H]1O[C@@H](c2ccncc2NC(=O)c2ccc(F)c(-c3c(F)cccc3F)n2)C[C@@H](O[Si](C(C)C)(C(C)C)C(C)C)[C@@H]1O[Si](C(C)C)(C(C)C)C(C)C)(C(C)C)C(C)C. The van der Waals surface area contributed by atoms with Gasteiger partial charge in [-0.15, -0.1) is 0 Å². The summed E-state index contributed by atoms with van der Waals surface area (Å²) < 4.78 is 75.4. The minimum Gasteiger partial charge on any atom is -0.413 e. The molecule has 8 nitrogen and oxygen atoms in total. The Morgan fingerprint density at radius 3 is 1.64 bits per heavy atom. The summed E-state index contributed by atoms with van der Waals surface area (Å²) in [4.78, 5) is 22.6. The zero-order valence-corrected chi connectivity index (χ0v) is 45.1. The standard InChI is InChI=1S/C50H80F3N3O5Si3/c1-29(2)62(30(3)4,31(5)6)58-28-46-49(61-64(35(13)14,36(15)16)37(17)18)45(60-63(32(7)8,33(9)10)34(11)12)26-44(59-46)38-24-25-54-27-43(38)56-50(57)42-23-22-41(53)48(55-42)47-39(51)20-19-21-40(47)52/h19-25,27,29-37,44-46,49H,26,28H2,1-18H3,(H,56,57)/t44-,45-,46-,49+/m1/s1. The van der Waals surface area contributed by atoms with Gasteiger partial charge in [0.25, 0.3) is 5.91 Å². The highest BCUT2D eigenvalue weighted by Crippen LogP contribution is 2.51. The van der Waals surface area contributed by atoms with E-state index in [1.807, 2.05) is 6.07 Å². The Balaban J connectivity index is 1.93. The molecule has 1 N–H and O–H groups in total. The Kier molecular flexibility index (Phi) is 18.5. The van der Waals surface area contributed by atoms with Crippen molar-refractivity contribution in [1.82, 2.24) is 9.97 Å². The van der Waals surface area contributed by atoms with Crippen LogP contribution in [0.3, 0.4) is 0 Å². The van der Waals surface area contributed by atoms with Crippen molar-refractivity contribution >= 4 is 36.5 Å². The number of hydrogen-bond donors (Lipinski definition) is 1. The third-order valence-corrected chi connectivity index (χ3v) is 32.9. The van der Waals surface area contributed by atoms with Gasteiger partial charge in [0.15, 0.2) is 8.32 Å². The molecule has 4 rings (SSSR count). The Hall–Kier alpha value is -2.73. The molecule has 1 fully saturated rings. The molecule has 3 heterocycles. The topological polar surface area (TPSA) is 91.8 Å². The average molecular weight is 944 g/mol. The van der Waals surface area contributed by atoms with Crippen LogP contribution in [0.25, 0.3) is 11.3 Å². The molecule has 1 aliphatic heterocycles. The lowest BCUT2D eigenvalue weighted by atomic mass is 9.93. The number of halogens is 3. The van der Waals surface area contributed by atoms with Gasteiger partial charge in [0, 0.05) is 18.2 Å². The van der Waals surface area contributed by atoms with Gasteiger partial charge in [-0.2, -0.15) is 0 Å². The zero-order chi connectivity index (χ0) is 48.2. The van der Waals surface area contributed by atoms with Crippen LogP contribution in [0.4, 0.5) is 18.9 Å². The Labute approximate surface area is 387 Å². The monoisotopic (exact) mass is 944 g/mol. The molecule has 1 amide bonds. The molecule has 0 radical (unpaired) electrons. The van der Waals surface area contributed by atoms with Crippen LogP contribution < -0.4 is 5.32 Å². The van der Waals surface area contributed by atoms with Gasteiger partial charge in [0.2, 0.25) is 16.6 Å². The first-order chi connectivity index (χ1) is 29.8. The predicted octanol–water partition coefficient (Wildman–Crippen LogP) is 15.0. The van der Waals surface area contributed by atoms with Gasteiger partial charge in [0.1, 0.15) is 34.9 Å². The van der Waals surface area contributed by atoms with Crippen molar-refractivity contribution in [2.45, 2.75) is 205 Å². The smallest absolute Gasteiger partial charge is 0.274 e. The van der Waals surface area contributed by atoms with E-state index in [1.165, 1.54) is 12.1 Å². The van der Waals surface area contributed by atoms with E-state index in [1.54, 1.807) is 12.4 Å². The molecule has 3 aromatic rings. The Morgan fingerprint density at radius 2 is 1.16 bits per heavy atom. The van der Waals surface area contributed by atoms with E-state index >= 15 is 4.39 Å². The molecule has 14 heteroatoms. The van der Waals surface area contributed by atoms with Crippen molar-refractivity contribution in [2.75, 3.05) is 11.9 Å². The second kappa shape index (κ2) is 21.9. The maximum atomic E-state index is 15.1. The Morgan fingerprint density at radius 1 is 0.672 bits per heavy atom. The number of aromatic nitrogens is 2. The number of nitrogens with zero attached hydrogens (tertiary/aromatic N) is 2. The number of anilines is 1. The lowest BCUT2D eigenvalue weighted by Gasteiger charge is -2.54. The molecular formula is C50H80F3N3O5Si3. The summed E-state index contributed by atoms with van der Waals surface area (Å²) in [5.74, 6) is -3.64. The number of amides is 1. The molecule has 1 aliphatic rings. The normalized spacial score (nSPS) is 19.2. The molecular weight excluding hydrogens is 864 g/mol. The van der Waals surface area contributed by atoms with Crippen LogP contribution in [0.1, 0.15) is 153 Å². The van der Waals surface area contributed by atoms with E-state index < -0.39 is 77.9 Å². The number of carbonyl (C=O) groups excluding carboxylic acids is 1. The fourth-order valence-electron chi connectivity index (χ4n) is 12.0. The quantitative estimate of drug-likeness (QED) is 0.113. The summed E-state index contributed by atoms with van der Waals surface area (Å²) in [5.41, 5.74) is 2.43. The molecule has 4 atom stereocenters. The van der Waals surface area contributed by atoms with Gasteiger partial charge in [-0.3, -0.25) is 9.78 Å². The molecule has 0 saturated carbocycles. The highest BCUT2D eigenvalue weighted by Gasteiger charge is 2.56. The third kappa shape index (κ3) is 10.7. The van der Waals surface area contributed by atoms with Crippen molar-refractivity contribution in [1.29, 1.82) is 0 Å². The second-order valence-electron chi connectivity index (χ2n) is 20.9.